The van der Waals surface area contributed by atoms with E-state index >= 15 is 0 Å². The first-order valence-electron chi connectivity index (χ1n) is 8.02. The molecule has 2 N–H and O–H groups in total. The molecule has 0 aromatic heterocycles. The molecule has 1 atom stereocenters. The van der Waals surface area contributed by atoms with E-state index in [4.69, 9.17) is 10.5 Å². The summed E-state index contributed by atoms with van der Waals surface area (Å²) < 4.78 is 5.99. The number of nitrogens with zero attached hydrogens (tertiary/aromatic N) is 1. The number of benzene rings is 2. The van der Waals surface area contributed by atoms with Gasteiger partial charge in [0.2, 0.25) is 0 Å². The molecule has 2 aromatic rings. The van der Waals surface area contributed by atoms with Crippen molar-refractivity contribution in [3.05, 3.63) is 65.7 Å². The SMILES string of the molecule is C=C(C)CN1C(=O)C(Cc2ccccc2C)Oc2cc(N)ccc21. The summed E-state index contributed by atoms with van der Waals surface area (Å²) in [6.07, 6.45) is -0.0216. The molecule has 1 unspecified atom stereocenters. The van der Waals surface area contributed by atoms with Gasteiger partial charge in [-0.1, -0.05) is 36.4 Å². The van der Waals surface area contributed by atoms with Gasteiger partial charge >= 0.3 is 0 Å². The van der Waals surface area contributed by atoms with Crippen LogP contribution in [0.15, 0.2) is 54.6 Å². The van der Waals surface area contributed by atoms with Crippen molar-refractivity contribution in [2.24, 2.45) is 0 Å². The van der Waals surface area contributed by atoms with Crippen molar-refractivity contribution in [1.29, 1.82) is 0 Å². The maximum Gasteiger partial charge on any atom is 0.268 e. The third-order valence-electron chi connectivity index (χ3n) is 4.18. The molecule has 0 radical (unpaired) electrons. The third-order valence-corrected chi connectivity index (χ3v) is 4.18. The highest BCUT2D eigenvalue weighted by Crippen LogP contribution is 2.36. The minimum atomic E-state index is -0.556. The number of anilines is 2. The lowest BCUT2D eigenvalue weighted by atomic mass is 10.0. The molecule has 1 aliphatic rings. The molecule has 0 fully saturated rings. The largest absolute Gasteiger partial charge is 0.478 e. The molecule has 0 bridgehead atoms. The number of hydrogen-bond donors (Lipinski definition) is 1. The Balaban J connectivity index is 1.96. The lowest BCUT2D eigenvalue weighted by molar-refractivity contribution is -0.126. The number of nitrogens with two attached hydrogens (primary N) is 1. The van der Waals surface area contributed by atoms with Gasteiger partial charge in [0.15, 0.2) is 6.10 Å². The molecule has 2 aromatic carbocycles. The molecule has 3 rings (SSSR count). The molecule has 0 spiro atoms. The van der Waals surface area contributed by atoms with E-state index < -0.39 is 6.10 Å². The van der Waals surface area contributed by atoms with E-state index in [0.29, 0.717) is 24.4 Å². The van der Waals surface area contributed by atoms with Crippen molar-refractivity contribution >= 4 is 17.3 Å². The molecular weight excluding hydrogens is 300 g/mol. The van der Waals surface area contributed by atoms with Gasteiger partial charge < -0.3 is 15.4 Å². The number of nitrogen functional groups attached to an aromatic ring is 1. The predicted molar refractivity (Wildman–Crippen MR) is 97.3 cm³/mol. The zero-order valence-electron chi connectivity index (χ0n) is 14.1. The Morgan fingerprint density at radius 1 is 1.29 bits per heavy atom. The van der Waals surface area contributed by atoms with Crippen LogP contribution in [0, 0.1) is 6.92 Å². The topological polar surface area (TPSA) is 55.6 Å². The Bertz CT molecular complexity index is 798. The zero-order chi connectivity index (χ0) is 17.3. The van der Waals surface area contributed by atoms with Crippen molar-refractivity contribution in [2.75, 3.05) is 17.2 Å². The molecule has 4 heteroatoms. The Labute approximate surface area is 142 Å². The van der Waals surface area contributed by atoms with Crippen LogP contribution >= 0.6 is 0 Å². The molecule has 1 amide bonds. The van der Waals surface area contributed by atoms with Gasteiger partial charge in [0.25, 0.3) is 5.91 Å². The number of aryl methyl sites for hydroxylation is 1. The van der Waals surface area contributed by atoms with E-state index in [0.717, 1.165) is 22.4 Å². The number of fused-ring (bicyclic) bond motifs is 1. The maximum atomic E-state index is 13.0. The highest BCUT2D eigenvalue weighted by atomic mass is 16.5. The Kier molecular flexibility index (Phi) is 4.30. The quantitative estimate of drug-likeness (QED) is 0.692. The van der Waals surface area contributed by atoms with E-state index in [1.807, 2.05) is 44.2 Å². The highest BCUT2D eigenvalue weighted by molar-refractivity contribution is 6.00. The van der Waals surface area contributed by atoms with E-state index in [2.05, 4.69) is 6.58 Å². The van der Waals surface area contributed by atoms with Crippen LogP contribution < -0.4 is 15.4 Å². The summed E-state index contributed by atoms with van der Waals surface area (Å²) in [6, 6.07) is 13.4. The summed E-state index contributed by atoms with van der Waals surface area (Å²) >= 11 is 0. The number of ether oxygens (including phenoxy) is 1. The second kappa shape index (κ2) is 6.40. The van der Waals surface area contributed by atoms with Crippen LogP contribution in [0.1, 0.15) is 18.1 Å². The molecule has 24 heavy (non-hydrogen) atoms. The van der Waals surface area contributed by atoms with Gasteiger partial charge in [0, 0.05) is 24.7 Å². The van der Waals surface area contributed by atoms with Gasteiger partial charge in [-0.15, -0.1) is 0 Å². The fourth-order valence-electron chi connectivity index (χ4n) is 2.95. The Morgan fingerprint density at radius 2 is 2.04 bits per heavy atom. The monoisotopic (exact) mass is 322 g/mol. The number of carbonyl (C=O) groups is 1. The summed E-state index contributed by atoms with van der Waals surface area (Å²) in [5, 5.41) is 0. The Morgan fingerprint density at radius 3 is 2.75 bits per heavy atom. The van der Waals surface area contributed by atoms with Crippen LogP contribution in [0.4, 0.5) is 11.4 Å². The van der Waals surface area contributed by atoms with Crippen LogP contribution in [-0.4, -0.2) is 18.6 Å². The summed E-state index contributed by atoms with van der Waals surface area (Å²) in [4.78, 5) is 14.7. The standard InChI is InChI=1S/C20H22N2O2/c1-13(2)12-22-17-9-8-16(21)11-18(17)24-19(20(22)23)10-15-7-5-4-6-14(15)3/h4-9,11,19H,1,10,12,21H2,2-3H3. The third kappa shape index (κ3) is 3.13. The van der Waals surface area contributed by atoms with E-state index in [1.54, 1.807) is 17.0 Å². The molecule has 4 nitrogen and oxygen atoms in total. The van der Waals surface area contributed by atoms with E-state index in [1.165, 1.54) is 0 Å². The molecule has 0 saturated heterocycles. The number of amides is 1. The van der Waals surface area contributed by atoms with Gasteiger partial charge in [-0.05, 0) is 37.1 Å². The molecular formula is C20H22N2O2. The average Bonchev–Trinajstić information content (AvgIpc) is 2.53. The summed E-state index contributed by atoms with van der Waals surface area (Å²) in [5.41, 5.74) is 10.4. The van der Waals surface area contributed by atoms with Crippen LogP contribution in [-0.2, 0) is 11.2 Å². The molecule has 0 saturated carbocycles. The fourth-order valence-corrected chi connectivity index (χ4v) is 2.95. The highest BCUT2D eigenvalue weighted by Gasteiger charge is 2.34. The van der Waals surface area contributed by atoms with Crippen LogP contribution in [0.25, 0.3) is 0 Å². The van der Waals surface area contributed by atoms with Gasteiger partial charge in [0.05, 0.1) is 5.69 Å². The Hall–Kier alpha value is -2.75. The minimum absolute atomic E-state index is 0.0430. The van der Waals surface area contributed by atoms with E-state index in [9.17, 15) is 4.79 Å². The van der Waals surface area contributed by atoms with Crippen molar-refractivity contribution in [2.45, 2.75) is 26.4 Å². The summed E-state index contributed by atoms with van der Waals surface area (Å²) in [5.74, 6) is 0.605. The first-order valence-corrected chi connectivity index (χ1v) is 8.02. The maximum absolute atomic E-state index is 13.0. The van der Waals surface area contributed by atoms with Crippen molar-refractivity contribution in [3.63, 3.8) is 0 Å². The lowest BCUT2D eigenvalue weighted by Gasteiger charge is -2.35. The smallest absolute Gasteiger partial charge is 0.268 e. The van der Waals surface area contributed by atoms with Gasteiger partial charge in [0.1, 0.15) is 5.75 Å². The molecule has 1 aliphatic heterocycles. The van der Waals surface area contributed by atoms with Gasteiger partial charge in [-0.25, -0.2) is 0 Å². The van der Waals surface area contributed by atoms with Crippen LogP contribution in [0.2, 0.25) is 0 Å². The number of hydrogen-bond acceptors (Lipinski definition) is 3. The second-order valence-corrected chi connectivity index (χ2v) is 6.35. The van der Waals surface area contributed by atoms with Crippen molar-refractivity contribution in [1.82, 2.24) is 0 Å². The fraction of sp³-hybridized carbons (Fsp3) is 0.250. The molecule has 0 aliphatic carbocycles. The minimum Gasteiger partial charge on any atom is -0.478 e. The predicted octanol–water partition coefficient (Wildman–Crippen LogP) is 3.49. The first kappa shape index (κ1) is 16.1. The van der Waals surface area contributed by atoms with Gasteiger partial charge in [-0.2, -0.15) is 0 Å². The zero-order valence-corrected chi connectivity index (χ0v) is 14.1. The number of rotatable bonds is 4. The molecule has 124 valence electrons. The van der Waals surface area contributed by atoms with E-state index in [-0.39, 0.29) is 5.91 Å². The first-order chi connectivity index (χ1) is 11.5. The van der Waals surface area contributed by atoms with Gasteiger partial charge in [-0.3, -0.25) is 4.79 Å². The summed E-state index contributed by atoms with van der Waals surface area (Å²) in [6.45, 7) is 8.37. The summed E-state index contributed by atoms with van der Waals surface area (Å²) in [7, 11) is 0. The normalized spacial score (nSPS) is 16.5. The molecule has 1 heterocycles. The van der Waals surface area contributed by atoms with Crippen LogP contribution in [0.3, 0.4) is 0 Å². The second-order valence-electron chi connectivity index (χ2n) is 6.35. The van der Waals surface area contributed by atoms with Crippen molar-refractivity contribution < 1.29 is 9.53 Å². The van der Waals surface area contributed by atoms with Crippen molar-refractivity contribution in [3.8, 4) is 5.75 Å². The number of carbonyl (C=O) groups excluding carboxylic acids is 1. The van der Waals surface area contributed by atoms with Crippen LogP contribution in [0.5, 0.6) is 5.75 Å². The lowest BCUT2D eigenvalue weighted by Crippen LogP contribution is -2.47. The average molecular weight is 322 g/mol.